The molecule has 0 fully saturated rings. The largest absolute Gasteiger partial charge is 0.457 e. The highest BCUT2D eigenvalue weighted by atomic mass is 19.4. The standard InChI is InChI=1S/C23H16F3N3O/c1-13-9-19-20(10-14(13)2)29-22(28-19)15(12-27)11-16-7-8-21(30-16)17-5-3-4-6-18(17)23(24,25)26/h3-11H,1-2H3,(H,28,29)/b15-11+. The summed E-state index contributed by atoms with van der Waals surface area (Å²) in [4.78, 5) is 7.57. The van der Waals surface area contributed by atoms with E-state index < -0.39 is 11.7 Å². The number of aryl methyl sites for hydroxylation is 2. The number of fused-ring (bicyclic) bond motifs is 1. The molecule has 0 unspecified atom stereocenters. The summed E-state index contributed by atoms with van der Waals surface area (Å²) < 4.78 is 45.4. The summed E-state index contributed by atoms with van der Waals surface area (Å²) in [6, 6.07) is 14.1. The second-order valence-corrected chi connectivity index (χ2v) is 6.95. The number of allylic oxidation sites excluding steroid dienone is 1. The van der Waals surface area contributed by atoms with Crippen LogP contribution in [0, 0.1) is 25.2 Å². The second-order valence-electron chi connectivity index (χ2n) is 6.95. The van der Waals surface area contributed by atoms with Crippen molar-refractivity contribution >= 4 is 22.7 Å². The third-order valence-corrected chi connectivity index (χ3v) is 4.88. The first-order chi connectivity index (χ1) is 14.3. The number of hydrogen-bond donors (Lipinski definition) is 1. The number of nitrogens with zero attached hydrogens (tertiary/aromatic N) is 2. The van der Waals surface area contributed by atoms with Crippen molar-refractivity contribution < 1.29 is 17.6 Å². The highest BCUT2D eigenvalue weighted by Gasteiger charge is 2.34. The minimum absolute atomic E-state index is 0.0576. The van der Waals surface area contributed by atoms with Crippen molar-refractivity contribution in [1.29, 1.82) is 5.26 Å². The molecule has 0 aliphatic heterocycles. The first kappa shape index (κ1) is 19.5. The SMILES string of the molecule is Cc1cc2nc(/C(C#N)=C/c3ccc(-c4ccccc4C(F)(F)F)o3)[nH]c2cc1C. The fourth-order valence-electron chi connectivity index (χ4n) is 3.21. The van der Waals surface area contributed by atoms with Crippen LogP contribution in [0.1, 0.15) is 28.3 Å². The summed E-state index contributed by atoms with van der Waals surface area (Å²) in [5, 5.41) is 9.58. The van der Waals surface area contributed by atoms with Crippen molar-refractivity contribution in [2.45, 2.75) is 20.0 Å². The van der Waals surface area contributed by atoms with Gasteiger partial charge in [0.1, 0.15) is 23.4 Å². The Kier molecular flexibility index (Phi) is 4.70. The van der Waals surface area contributed by atoms with Gasteiger partial charge in [-0.15, -0.1) is 0 Å². The third-order valence-electron chi connectivity index (χ3n) is 4.88. The van der Waals surface area contributed by atoms with Crippen LogP contribution in [0.2, 0.25) is 0 Å². The van der Waals surface area contributed by atoms with Crippen molar-refractivity contribution in [2.75, 3.05) is 0 Å². The maximum absolute atomic E-state index is 13.3. The Morgan fingerprint density at radius 2 is 1.83 bits per heavy atom. The van der Waals surface area contributed by atoms with Crippen LogP contribution >= 0.6 is 0 Å². The van der Waals surface area contributed by atoms with Crippen molar-refractivity contribution in [3.05, 3.63) is 76.8 Å². The van der Waals surface area contributed by atoms with Crippen molar-refractivity contribution in [2.24, 2.45) is 0 Å². The van der Waals surface area contributed by atoms with Gasteiger partial charge < -0.3 is 9.40 Å². The number of aromatic nitrogens is 2. The van der Waals surface area contributed by atoms with Gasteiger partial charge in [0.2, 0.25) is 0 Å². The lowest BCUT2D eigenvalue weighted by Gasteiger charge is -2.10. The lowest BCUT2D eigenvalue weighted by molar-refractivity contribution is -0.137. The highest BCUT2D eigenvalue weighted by Crippen LogP contribution is 2.37. The normalized spacial score (nSPS) is 12.3. The predicted octanol–water partition coefficient (Wildman–Crippen LogP) is 6.52. The van der Waals surface area contributed by atoms with Crippen LogP contribution in [-0.4, -0.2) is 9.97 Å². The number of benzene rings is 2. The van der Waals surface area contributed by atoms with E-state index in [0.717, 1.165) is 28.2 Å². The molecule has 4 nitrogen and oxygen atoms in total. The molecular formula is C23H16F3N3O. The Bertz CT molecular complexity index is 1280. The zero-order valence-corrected chi connectivity index (χ0v) is 16.1. The fourth-order valence-corrected chi connectivity index (χ4v) is 3.21. The van der Waals surface area contributed by atoms with E-state index in [1.807, 2.05) is 26.0 Å². The number of aromatic amines is 1. The van der Waals surface area contributed by atoms with E-state index in [-0.39, 0.29) is 22.7 Å². The molecule has 0 aliphatic carbocycles. The van der Waals surface area contributed by atoms with E-state index in [1.54, 1.807) is 0 Å². The number of rotatable bonds is 3. The Hall–Kier alpha value is -3.79. The number of H-pyrrole nitrogens is 1. The zero-order valence-electron chi connectivity index (χ0n) is 16.1. The van der Waals surface area contributed by atoms with Crippen LogP contribution in [0.5, 0.6) is 0 Å². The van der Waals surface area contributed by atoms with Gasteiger partial charge in [-0.25, -0.2) is 4.98 Å². The Labute approximate surface area is 170 Å². The van der Waals surface area contributed by atoms with Crippen LogP contribution in [0.25, 0.3) is 34.0 Å². The molecule has 1 N–H and O–H groups in total. The second kappa shape index (κ2) is 7.23. The molecule has 7 heteroatoms. The van der Waals surface area contributed by atoms with Crippen molar-refractivity contribution in [1.82, 2.24) is 9.97 Å². The van der Waals surface area contributed by atoms with Crippen molar-refractivity contribution in [3.8, 4) is 17.4 Å². The summed E-state index contributed by atoms with van der Waals surface area (Å²) in [6.45, 7) is 3.97. The van der Waals surface area contributed by atoms with Crippen LogP contribution in [-0.2, 0) is 6.18 Å². The minimum atomic E-state index is -4.50. The quantitative estimate of drug-likeness (QED) is 0.393. The number of furan rings is 1. The number of halogens is 3. The summed E-state index contributed by atoms with van der Waals surface area (Å²) in [5.74, 6) is 0.694. The molecular weight excluding hydrogens is 391 g/mol. The molecule has 0 aliphatic rings. The van der Waals surface area contributed by atoms with Gasteiger partial charge in [0, 0.05) is 11.6 Å². The number of hydrogen-bond acceptors (Lipinski definition) is 3. The predicted molar refractivity (Wildman–Crippen MR) is 108 cm³/mol. The van der Waals surface area contributed by atoms with Gasteiger partial charge in [-0.2, -0.15) is 18.4 Å². The molecule has 0 atom stereocenters. The average Bonchev–Trinajstić information content (AvgIpc) is 3.32. The van der Waals surface area contributed by atoms with E-state index in [2.05, 4.69) is 16.0 Å². The van der Waals surface area contributed by atoms with E-state index in [4.69, 9.17) is 4.42 Å². The van der Waals surface area contributed by atoms with E-state index in [1.165, 1.54) is 36.4 Å². The molecule has 2 heterocycles. The lowest BCUT2D eigenvalue weighted by atomic mass is 10.1. The van der Waals surface area contributed by atoms with Gasteiger partial charge in [0.25, 0.3) is 0 Å². The van der Waals surface area contributed by atoms with Crippen LogP contribution in [0.15, 0.2) is 52.9 Å². The molecule has 4 aromatic rings. The summed E-state index contributed by atoms with van der Waals surface area (Å²) in [5.41, 5.74) is 3.09. The molecule has 2 aromatic carbocycles. The van der Waals surface area contributed by atoms with E-state index in [9.17, 15) is 18.4 Å². The summed E-state index contributed by atoms with van der Waals surface area (Å²) in [7, 11) is 0. The monoisotopic (exact) mass is 407 g/mol. The Balaban J connectivity index is 1.73. The van der Waals surface area contributed by atoms with Gasteiger partial charge in [-0.3, -0.25) is 0 Å². The van der Waals surface area contributed by atoms with Gasteiger partial charge >= 0.3 is 6.18 Å². The van der Waals surface area contributed by atoms with Crippen LogP contribution in [0.4, 0.5) is 13.2 Å². The topological polar surface area (TPSA) is 65.6 Å². The highest BCUT2D eigenvalue weighted by molar-refractivity contribution is 5.90. The Morgan fingerprint density at radius 1 is 1.10 bits per heavy atom. The minimum Gasteiger partial charge on any atom is -0.457 e. The maximum Gasteiger partial charge on any atom is 0.417 e. The Morgan fingerprint density at radius 3 is 2.57 bits per heavy atom. The maximum atomic E-state index is 13.3. The smallest absolute Gasteiger partial charge is 0.417 e. The van der Waals surface area contributed by atoms with E-state index >= 15 is 0 Å². The van der Waals surface area contributed by atoms with Crippen molar-refractivity contribution in [3.63, 3.8) is 0 Å². The molecule has 0 saturated carbocycles. The summed E-state index contributed by atoms with van der Waals surface area (Å²) >= 11 is 0. The summed E-state index contributed by atoms with van der Waals surface area (Å²) in [6.07, 6.45) is -3.04. The first-order valence-corrected chi connectivity index (χ1v) is 9.12. The van der Waals surface area contributed by atoms with Gasteiger partial charge in [-0.1, -0.05) is 18.2 Å². The molecule has 30 heavy (non-hydrogen) atoms. The van der Waals surface area contributed by atoms with Gasteiger partial charge in [0.15, 0.2) is 0 Å². The zero-order chi connectivity index (χ0) is 21.5. The molecule has 4 rings (SSSR count). The molecule has 0 amide bonds. The van der Waals surface area contributed by atoms with E-state index in [0.29, 0.717) is 5.82 Å². The molecule has 0 spiro atoms. The van der Waals surface area contributed by atoms with Gasteiger partial charge in [-0.05, 0) is 55.3 Å². The molecule has 0 saturated heterocycles. The number of nitriles is 1. The number of nitrogens with one attached hydrogen (secondary N) is 1. The molecule has 0 radical (unpaired) electrons. The molecule has 0 bridgehead atoms. The molecule has 2 aromatic heterocycles. The van der Waals surface area contributed by atoms with Crippen LogP contribution in [0.3, 0.4) is 0 Å². The fraction of sp³-hybridized carbons (Fsp3) is 0.130. The average molecular weight is 407 g/mol. The number of imidazole rings is 1. The lowest BCUT2D eigenvalue weighted by Crippen LogP contribution is -2.06. The van der Waals surface area contributed by atoms with Gasteiger partial charge in [0.05, 0.1) is 22.2 Å². The number of alkyl halides is 3. The molecule has 150 valence electrons. The van der Waals surface area contributed by atoms with Crippen LogP contribution < -0.4 is 0 Å². The first-order valence-electron chi connectivity index (χ1n) is 9.12. The third kappa shape index (κ3) is 3.60.